The lowest BCUT2D eigenvalue weighted by Crippen LogP contribution is -2.10. The number of hydrogen-bond donors (Lipinski definition) is 0. The summed E-state index contributed by atoms with van der Waals surface area (Å²) in [6.07, 6.45) is 13.7. The molecule has 0 spiro atoms. The van der Waals surface area contributed by atoms with Crippen LogP contribution in [-0.4, -0.2) is 26.6 Å². The Morgan fingerprint density at radius 3 is 1.81 bits per heavy atom. The molecule has 0 aliphatic carbocycles. The molecule has 0 unspecified atom stereocenters. The van der Waals surface area contributed by atoms with Crippen LogP contribution in [-0.2, 0) is 18.9 Å². The molecule has 0 aliphatic rings. The van der Waals surface area contributed by atoms with Gasteiger partial charge < -0.3 is 18.9 Å². The average Bonchev–Trinajstić information content (AvgIpc) is 2.65. The van der Waals surface area contributed by atoms with Crippen LogP contribution in [0.15, 0.2) is 11.7 Å². The maximum Gasteiger partial charge on any atom is 0.321 e. The van der Waals surface area contributed by atoms with Gasteiger partial charge in [-0.25, -0.2) is 0 Å². The fourth-order valence-corrected chi connectivity index (χ4v) is 2.45. The first-order chi connectivity index (χ1) is 12.8. The summed E-state index contributed by atoms with van der Waals surface area (Å²) in [6, 6.07) is 0. The van der Waals surface area contributed by atoms with Crippen molar-refractivity contribution in [3.05, 3.63) is 11.7 Å². The van der Waals surface area contributed by atoms with Crippen molar-refractivity contribution in [2.24, 2.45) is 0 Å². The smallest absolute Gasteiger partial charge is 0.321 e. The predicted molar refractivity (Wildman–Crippen MR) is 109 cm³/mol. The van der Waals surface area contributed by atoms with Gasteiger partial charge in [-0.3, -0.25) is 0 Å². The Hall–Kier alpha value is -0.900. The summed E-state index contributed by atoms with van der Waals surface area (Å²) in [5.74, 6) is 1.36. The fraction of sp³-hybridized carbons (Fsp3) is 0.909. The van der Waals surface area contributed by atoms with Crippen molar-refractivity contribution in [2.75, 3.05) is 26.6 Å². The van der Waals surface area contributed by atoms with E-state index in [4.69, 9.17) is 18.9 Å². The lowest BCUT2D eigenvalue weighted by Gasteiger charge is -2.17. The molecule has 0 N–H and O–H groups in total. The normalized spacial score (nSPS) is 12.0. The summed E-state index contributed by atoms with van der Waals surface area (Å²) >= 11 is 0. The van der Waals surface area contributed by atoms with E-state index in [1.165, 1.54) is 32.1 Å². The third-order valence-electron chi connectivity index (χ3n) is 4.13. The molecule has 0 heterocycles. The van der Waals surface area contributed by atoms with E-state index in [0.29, 0.717) is 19.2 Å². The molecule has 0 bridgehead atoms. The van der Waals surface area contributed by atoms with Gasteiger partial charge in [-0.05, 0) is 25.7 Å². The van der Waals surface area contributed by atoms with Gasteiger partial charge in [0.05, 0.1) is 19.8 Å². The SMILES string of the molecule is CCCCCCCCOCOC(OCCCC)=C(CCC)OCCCC. The minimum Gasteiger partial charge on any atom is -0.491 e. The molecule has 0 fully saturated rings. The number of ether oxygens (including phenoxy) is 4. The van der Waals surface area contributed by atoms with Crippen LogP contribution in [0.2, 0.25) is 0 Å². The Bertz CT molecular complexity index is 315. The lowest BCUT2D eigenvalue weighted by molar-refractivity contribution is -0.0844. The molecular weight excluding hydrogens is 328 g/mol. The van der Waals surface area contributed by atoms with Crippen LogP contribution in [0.3, 0.4) is 0 Å². The van der Waals surface area contributed by atoms with Crippen molar-refractivity contribution < 1.29 is 18.9 Å². The summed E-state index contributed by atoms with van der Waals surface area (Å²) in [6.45, 7) is 11.1. The molecule has 0 amide bonds. The van der Waals surface area contributed by atoms with Crippen LogP contribution in [0, 0.1) is 0 Å². The van der Waals surface area contributed by atoms with Crippen LogP contribution in [0.5, 0.6) is 0 Å². The zero-order valence-electron chi connectivity index (χ0n) is 17.9. The molecular formula is C22H44O4. The van der Waals surface area contributed by atoms with E-state index in [9.17, 15) is 0 Å². The van der Waals surface area contributed by atoms with Crippen molar-refractivity contribution in [1.82, 2.24) is 0 Å². The highest BCUT2D eigenvalue weighted by molar-refractivity contribution is 4.95. The second kappa shape index (κ2) is 20.4. The Labute approximate surface area is 162 Å². The van der Waals surface area contributed by atoms with Gasteiger partial charge in [-0.2, -0.15) is 0 Å². The standard InChI is InChI=1S/C22H44O4/c1-5-9-12-13-14-15-17-23-20-26-22(25-19-11-7-3)21(16-8-4)24-18-10-6-2/h5-20H2,1-4H3. The monoisotopic (exact) mass is 372 g/mol. The first kappa shape index (κ1) is 25.1. The van der Waals surface area contributed by atoms with Crippen LogP contribution in [0.4, 0.5) is 0 Å². The summed E-state index contributed by atoms with van der Waals surface area (Å²) in [4.78, 5) is 0. The van der Waals surface area contributed by atoms with Gasteiger partial charge in [0.1, 0.15) is 0 Å². The minimum absolute atomic E-state index is 0.237. The maximum atomic E-state index is 5.92. The van der Waals surface area contributed by atoms with Crippen LogP contribution in [0.1, 0.15) is 105 Å². The van der Waals surface area contributed by atoms with Crippen molar-refractivity contribution >= 4 is 0 Å². The van der Waals surface area contributed by atoms with Gasteiger partial charge in [0.15, 0.2) is 12.6 Å². The van der Waals surface area contributed by atoms with Crippen LogP contribution < -0.4 is 0 Å². The quantitative estimate of drug-likeness (QED) is 0.132. The zero-order valence-corrected chi connectivity index (χ0v) is 17.9. The first-order valence-electron chi connectivity index (χ1n) is 11.0. The third kappa shape index (κ3) is 15.4. The number of allylic oxidation sites excluding steroid dienone is 1. The van der Waals surface area contributed by atoms with E-state index in [0.717, 1.165) is 57.3 Å². The summed E-state index contributed by atoms with van der Waals surface area (Å²) in [7, 11) is 0. The van der Waals surface area contributed by atoms with E-state index in [1.54, 1.807) is 0 Å². The van der Waals surface area contributed by atoms with Gasteiger partial charge >= 0.3 is 5.95 Å². The van der Waals surface area contributed by atoms with Crippen molar-refractivity contribution in [2.45, 2.75) is 105 Å². The predicted octanol–water partition coefficient (Wildman–Crippen LogP) is 6.94. The van der Waals surface area contributed by atoms with E-state index >= 15 is 0 Å². The van der Waals surface area contributed by atoms with E-state index in [1.807, 2.05) is 0 Å². The highest BCUT2D eigenvalue weighted by atomic mass is 16.7. The van der Waals surface area contributed by atoms with Crippen molar-refractivity contribution in [1.29, 1.82) is 0 Å². The molecule has 156 valence electrons. The highest BCUT2D eigenvalue weighted by Gasteiger charge is 2.12. The molecule has 0 radical (unpaired) electrons. The second-order valence-corrected chi connectivity index (χ2v) is 6.80. The van der Waals surface area contributed by atoms with Gasteiger partial charge in [0, 0.05) is 6.42 Å². The van der Waals surface area contributed by atoms with Gasteiger partial charge in [0.25, 0.3) is 0 Å². The molecule has 0 aromatic rings. The highest BCUT2D eigenvalue weighted by Crippen LogP contribution is 2.17. The number of rotatable bonds is 20. The van der Waals surface area contributed by atoms with Crippen molar-refractivity contribution in [3.63, 3.8) is 0 Å². The summed E-state index contributed by atoms with van der Waals surface area (Å²) < 4.78 is 23.2. The molecule has 0 rings (SSSR count). The van der Waals surface area contributed by atoms with E-state index < -0.39 is 0 Å². The maximum absolute atomic E-state index is 5.92. The van der Waals surface area contributed by atoms with Crippen LogP contribution >= 0.6 is 0 Å². The molecule has 0 saturated carbocycles. The van der Waals surface area contributed by atoms with E-state index in [2.05, 4.69) is 27.7 Å². The minimum atomic E-state index is 0.237. The van der Waals surface area contributed by atoms with Gasteiger partial charge in [-0.15, -0.1) is 0 Å². The Kier molecular flexibility index (Phi) is 19.7. The molecule has 0 aromatic carbocycles. The Morgan fingerprint density at radius 2 is 1.15 bits per heavy atom. The average molecular weight is 373 g/mol. The lowest BCUT2D eigenvalue weighted by atomic mass is 10.1. The largest absolute Gasteiger partial charge is 0.491 e. The molecule has 0 aliphatic heterocycles. The van der Waals surface area contributed by atoms with E-state index in [-0.39, 0.29) is 6.79 Å². The fourth-order valence-electron chi connectivity index (χ4n) is 2.45. The molecule has 4 nitrogen and oxygen atoms in total. The summed E-state index contributed by atoms with van der Waals surface area (Å²) in [5, 5.41) is 0. The Morgan fingerprint density at radius 1 is 0.538 bits per heavy atom. The molecule has 0 atom stereocenters. The number of hydrogen-bond acceptors (Lipinski definition) is 4. The van der Waals surface area contributed by atoms with Crippen molar-refractivity contribution in [3.8, 4) is 0 Å². The van der Waals surface area contributed by atoms with Gasteiger partial charge in [-0.1, -0.05) is 72.6 Å². The van der Waals surface area contributed by atoms with Crippen LogP contribution in [0.25, 0.3) is 0 Å². The first-order valence-corrected chi connectivity index (χ1v) is 11.0. The number of unbranched alkanes of at least 4 members (excludes halogenated alkanes) is 7. The Balaban J connectivity index is 4.26. The topological polar surface area (TPSA) is 36.9 Å². The molecule has 4 heteroatoms. The molecule has 26 heavy (non-hydrogen) atoms. The zero-order chi connectivity index (χ0) is 19.3. The molecule has 0 saturated heterocycles. The summed E-state index contributed by atoms with van der Waals surface area (Å²) in [5.41, 5.74) is 0. The van der Waals surface area contributed by atoms with Gasteiger partial charge in [0.2, 0.25) is 0 Å². The molecule has 0 aromatic heterocycles. The third-order valence-corrected chi connectivity index (χ3v) is 4.13. The second-order valence-electron chi connectivity index (χ2n) is 6.80.